The molecule has 0 atom stereocenters. The van der Waals surface area contributed by atoms with E-state index in [0.29, 0.717) is 5.92 Å². The zero-order chi connectivity index (χ0) is 13.1. The Bertz CT molecular complexity index is 582. The fraction of sp³-hybridized carbons (Fsp3) is 0.111. The molecule has 0 unspecified atom stereocenters. The molecule has 1 aliphatic carbocycles. The molecule has 0 saturated heterocycles. The van der Waals surface area contributed by atoms with Crippen LogP contribution in [0.2, 0.25) is 0 Å². The van der Waals surface area contributed by atoms with Gasteiger partial charge in [-0.05, 0) is 0 Å². The molecule has 0 saturated carbocycles. The van der Waals surface area contributed by atoms with Crippen molar-refractivity contribution in [1.29, 1.82) is 0 Å². The summed E-state index contributed by atoms with van der Waals surface area (Å²) in [5, 5.41) is 0. The summed E-state index contributed by atoms with van der Waals surface area (Å²) in [7, 11) is 0. The van der Waals surface area contributed by atoms with Gasteiger partial charge in [0.25, 0.3) is 0 Å². The number of rotatable bonds is 3. The number of benzene rings is 2. The second-order valence-corrected chi connectivity index (χ2v) is 5.64. The molecule has 0 bridgehead atoms. The van der Waals surface area contributed by atoms with Gasteiger partial charge in [-0.3, -0.25) is 0 Å². The molecular formula is C18H15Cl3Ti. The SMILES string of the molecule is [Cl-].[Cl-].[Cl-].[Ti+3][C]1=C(C(c2ccccc2)c2ccccc2)CC=C1. The molecule has 2 aromatic rings. The van der Waals surface area contributed by atoms with Crippen molar-refractivity contribution in [2.45, 2.75) is 12.3 Å². The van der Waals surface area contributed by atoms with Gasteiger partial charge in [-0.1, -0.05) is 0 Å². The van der Waals surface area contributed by atoms with E-state index < -0.39 is 0 Å². The second-order valence-electron chi connectivity index (χ2n) is 4.80. The van der Waals surface area contributed by atoms with E-state index in [1.54, 1.807) is 0 Å². The second kappa shape index (κ2) is 10.3. The molecule has 0 heterocycles. The summed E-state index contributed by atoms with van der Waals surface area (Å²) in [5.41, 5.74) is 4.29. The fourth-order valence-electron chi connectivity index (χ4n) is 2.68. The van der Waals surface area contributed by atoms with Gasteiger partial charge in [0.15, 0.2) is 0 Å². The molecule has 112 valence electrons. The summed E-state index contributed by atoms with van der Waals surface area (Å²) in [6.07, 6.45) is 5.58. The monoisotopic (exact) mass is 384 g/mol. The molecule has 4 heteroatoms. The van der Waals surface area contributed by atoms with Gasteiger partial charge in [0, 0.05) is 0 Å². The molecule has 22 heavy (non-hydrogen) atoms. The maximum atomic E-state index is 2.27. The van der Waals surface area contributed by atoms with Crippen molar-refractivity contribution in [2.75, 3.05) is 0 Å². The summed E-state index contributed by atoms with van der Waals surface area (Å²) in [5.74, 6) is 0.386. The molecule has 1 aliphatic rings. The molecular weight excluding hydrogens is 370 g/mol. The molecule has 0 spiro atoms. The standard InChI is InChI=1S/C18H15.3ClH.Ti/c1-3-9-15(10-4-1)18(17-13-7-8-14-17)16-11-5-2-6-12-16;;;;/h1-12,18H,13H2;3*1H;/q;;;;+3/p-3. The zero-order valence-electron chi connectivity index (χ0n) is 11.8. The minimum atomic E-state index is 0. The van der Waals surface area contributed by atoms with E-state index in [-0.39, 0.29) is 37.2 Å². The Morgan fingerprint density at radius 3 is 1.55 bits per heavy atom. The topological polar surface area (TPSA) is 0 Å². The first-order valence-electron chi connectivity index (χ1n) is 6.57. The molecule has 0 nitrogen and oxygen atoms in total. The van der Waals surface area contributed by atoms with E-state index in [9.17, 15) is 0 Å². The first-order valence-corrected chi connectivity index (χ1v) is 7.35. The number of hydrogen-bond donors (Lipinski definition) is 0. The van der Waals surface area contributed by atoms with Gasteiger partial charge in [0.05, 0.1) is 0 Å². The van der Waals surface area contributed by atoms with Crippen LogP contribution >= 0.6 is 0 Å². The van der Waals surface area contributed by atoms with Crippen LogP contribution in [0.3, 0.4) is 0 Å². The van der Waals surface area contributed by atoms with Gasteiger partial charge >= 0.3 is 126 Å². The summed E-state index contributed by atoms with van der Waals surface area (Å²) in [6, 6.07) is 21.6. The van der Waals surface area contributed by atoms with E-state index in [4.69, 9.17) is 0 Å². The van der Waals surface area contributed by atoms with Crippen molar-refractivity contribution in [3.63, 3.8) is 0 Å². The van der Waals surface area contributed by atoms with Crippen LogP contribution in [0.15, 0.2) is 82.3 Å². The molecule has 3 rings (SSSR count). The summed E-state index contributed by atoms with van der Waals surface area (Å²) in [4.78, 5) is 0. The Hall–Kier alpha value is -0.496. The van der Waals surface area contributed by atoms with E-state index in [1.165, 1.54) is 20.6 Å². The van der Waals surface area contributed by atoms with Crippen molar-refractivity contribution in [2.24, 2.45) is 0 Å². The summed E-state index contributed by atoms with van der Waals surface area (Å²) >= 11 is 2.22. The predicted octanol–water partition coefficient (Wildman–Crippen LogP) is -4.41. The average molecular weight is 386 g/mol. The predicted molar refractivity (Wildman–Crippen MR) is 75.5 cm³/mol. The fourth-order valence-corrected chi connectivity index (χ4v) is 3.25. The van der Waals surface area contributed by atoms with Crippen LogP contribution in [0.4, 0.5) is 0 Å². The maximum absolute atomic E-state index is 2.27. The van der Waals surface area contributed by atoms with Gasteiger partial charge in [-0.15, -0.1) is 0 Å². The third kappa shape index (κ3) is 4.75. The van der Waals surface area contributed by atoms with Gasteiger partial charge in [-0.2, -0.15) is 0 Å². The van der Waals surface area contributed by atoms with Gasteiger partial charge in [-0.25, -0.2) is 0 Å². The molecule has 0 aromatic heterocycles. The summed E-state index contributed by atoms with van der Waals surface area (Å²) < 4.78 is 1.41. The zero-order valence-corrected chi connectivity index (χ0v) is 15.7. The third-order valence-corrected chi connectivity index (χ3v) is 4.34. The van der Waals surface area contributed by atoms with Crippen LogP contribution in [0, 0.1) is 0 Å². The van der Waals surface area contributed by atoms with Crippen molar-refractivity contribution < 1.29 is 57.7 Å². The van der Waals surface area contributed by atoms with Crippen molar-refractivity contribution >= 4 is 0 Å². The normalized spacial score (nSPS) is 12.5. The van der Waals surface area contributed by atoms with E-state index in [1.807, 2.05) is 0 Å². The van der Waals surface area contributed by atoms with Gasteiger partial charge in [0.1, 0.15) is 0 Å². The molecule has 0 aliphatic heterocycles. The Morgan fingerprint density at radius 1 is 0.727 bits per heavy atom. The molecule has 2 aromatic carbocycles. The third-order valence-electron chi connectivity index (χ3n) is 3.58. The first kappa shape index (κ1) is 21.5. The van der Waals surface area contributed by atoms with Crippen LogP contribution < -0.4 is 37.2 Å². The Kier molecular flexibility index (Phi) is 10.1. The van der Waals surface area contributed by atoms with Crippen LogP contribution in [0.25, 0.3) is 0 Å². The van der Waals surface area contributed by atoms with Crippen LogP contribution in [0.1, 0.15) is 23.5 Å². The van der Waals surface area contributed by atoms with E-state index >= 15 is 0 Å². The van der Waals surface area contributed by atoms with Crippen LogP contribution in [-0.4, -0.2) is 0 Å². The molecule has 0 amide bonds. The summed E-state index contributed by atoms with van der Waals surface area (Å²) in [6.45, 7) is 0. The van der Waals surface area contributed by atoms with Crippen molar-refractivity contribution in [3.05, 3.63) is 93.4 Å². The van der Waals surface area contributed by atoms with E-state index in [0.717, 1.165) is 6.42 Å². The Morgan fingerprint density at radius 2 is 1.18 bits per heavy atom. The quantitative estimate of drug-likeness (QED) is 0.468. The molecule has 0 N–H and O–H groups in total. The van der Waals surface area contributed by atoms with Gasteiger partial charge < -0.3 is 37.2 Å². The minimum absolute atomic E-state index is 0. The molecule has 0 fully saturated rings. The number of halogens is 3. The Balaban J connectivity index is 0.00000147. The number of allylic oxidation sites excluding steroid dienone is 4. The van der Waals surface area contributed by atoms with Crippen LogP contribution in [-0.2, 0) is 20.4 Å². The average Bonchev–Trinajstić information content (AvgIpc) is 2.88. The van der Waals surface area contributed by atoms with E-state index in [2.05, 4.69) is 93.3 Å². The van der Waals surface area contributed by atoms with Crippen molar-refractivity contribution in [3.8, 4) is 0 Å². The number of hydrogen-bond acceptors (Lipinski definition) is 0. The first-order chi connectivity index (χ1) is 9.36. The Labute approximate surface area is 162 Å². The van der Waals surface area contributed by atoms with Crippen molar-refractivity contribution in [1.82, 2.24) is 0 Å². The van der Waals surface area contributed by atoms with Gasteiger partial charge in [0.2, 0.25) is 0 Å². The van der Waals surface area contributed by atoms with Crippen LogP contribution in [0.5, 0.6) is 0 Å². The molecule has 0 radical (unpaired) electrons.